The fourth-order valence-electron chi connectivity index (χ4n) is 4.68. The third kappa shape index (κ3) is 4.54. The lowest BCUT2D eigenvalue weighted by Crippen LogP contribution is -2.44. The number of carbonyl (C=O) groups is 1. The molecule has 0 aliphatic carbocycles. The molecule has 3 heterocycles. The number of ether oxygens (including phenoxy) is 1. The molecule has 1 aromatic heterocycles. The third-order valence-electron chi connectivity index (χ3n) is 6.39. The first-order valence-electron chi connectivity index (χ1n) is 11.2. The van der Waals surface area contributed by atoms with Gasteiger partial charge in [0.15, 0.2) is 0 Å². The maximum Gasteiger partial charge on any atom is 0.223 e. The van der Waals surface area contributed by atoms with E-state index in [-0.39, 0.29) is 23.7 Å². The van der Waals surface area contributed by atoms with Crippen LogP contribution in [0.2, 0.25) is 10.0 Å². The van der Waals surface area contributed by atoms with Gasteiger partial charge in [0.25, 0.3) is 0 Å². The summed E-state index contributed by atoms with van der Waals surface area (Å²) in [6.07, 6.45) is 2.30. The second-order valence-corrected chi connectivity index (χ2v) is 9.63. The Bertz CT molecular complexity index is 1180. The fraction of sp³-hybridized carbons (Fsp3) is 0.417. The SMILES string of the molecule is Cc1cc(F)cc(-n2c(N3CCC(C(=O)N[C@@H]4CCOC4)CC3)nc3cc(Cl)c(Cl)cc32)c1. The predicted octanol–water partition coefficient (Wildman–Crippen LogP) is 4.90. The summed E-state index contributed by atoms with van der Waals surface area (Å²) in [5, 5.41) is 3.94. The van der Waals surface area contributed by atoms with Crippen LogP contribution in [-0.4, -0.2) is 47.8 Å². The van der Waals surface area contributed by atoms with Crippen LogP contribution < -0.4 is 10.2 Å². The quantitative estimate of drug-likeness (QED) is 0.564. The van der Waals surface area contributed by atoms with Gasteiger partial charge in [-0.25, -0.2) is 9.37 Å². The number of piperidine rings is 1. The largest absolute Gasteiger partial charge is 0.379 e. The number of imidazole rings is 1. The number of aryl methyl sites for hydroxylation is 1. The van der Waals surface area contributed by atoms with Crippen LogP contribution >= 0.6 is 23.2 Å². The molecule has 5 rings (SSSR count). The van der Waals surface area contributed by atoms with Gasteiger partial charge in [-0.05, 0) is 62.1 Å². The minimum atomic E-state index is -0.316. The van der Waals surface area contributed by atoms with Gasteiger partial charge in [0.2, 0.25) is 11.9 Å². The molecule has 0 saturated carbocycles. The monoisotopic (exact) mass is 490 g/mol. The van der Waals surface area contributed by atoms with Gasteiger partial charge < -0.3 is 15.0 Å². The number of amides is 1. The van der Waals surface area contributed by atoms with Crippen molar-refractivity contribution in [2.24, 2.45) is 5.92 Å². The number of anilines is 1. The van der Waals surface area contributed by atoms with Gasteiger partial charge in [0, 0.05) is 25.6 Å². The zero-order valence-corrected chi connectivity index (χ0v) is 19.8. The Morgan fingerprint density at radius 1 is 1.12 bits per heavy atom. The molecule has 174 valence electrons. The first kappa shape index (κ1) is 22.4. The van der Waals surface area contributed by atoms with Crippen molar-refractivity contribution in [1.29, 1.82) is 0 Å². The molecule has 2 aliphatic heterocycles. The van der Waals surface area contributed by atoms with Crippen molar-refractivity contribution in [2.45, 2.75) is 32.2 Å². The third-order valence-corrected chi connectivity index (χ3v) is 7.11. The lowest BCUT2D eigenvalue weighted by atomic mass is 9.95. The Morgan fingerprint density at radius 3 is 2.58 bits per heavy atom. The van der Waals surface area contributed by atoms with Crippen LogP contribution in [0.3, 0.4) is 0 Å². The van der Waals surface area contributed by atoms with E-state index in [0.717, 1.165) is 17.5 Å². The van der Waals surface area contributed by atoms with E-state index < -0.39 is 0 Å². The second kappa shape index (κ2) is 9.12. The molecule has 33 heavy (non-hydrogen) atoms. The van der Waals surface area contributed by atoms with Gasteiger partial charge in [0.1, 0.15) is 5.82 Å². The zero-order chi connectivity index (χ0) is 23.1. The van der Waals surface area contributed by atoms with Crippen LogP contribution in [0.4, 0.5) is 10.3 Å². The van der Waals surface area contributed by atoms with Gasteiger partial charge in [-0.15, -0.1) is 0 Å². The number of rotatable bonds is 4. The van der Waals surface area contributed by atoms with Crippen LogP contribution in [-0.2, 0) is 9.53 Å². The van der Waals surface area contributed by atoms with Crippen LogP contribution in [0.25, 0.3) is 16.7 Å². The van der Waals surface area contributed by atoms with E-state index in [0.29, 0.717) is 66.3 Å². The number of hydrogen-bond donors (Lipinski definition) is 1. The number of benzene rings is 2. The van der Waals surface area contributed by atoms with Gasteiger partial charge in [-0.1, -0.05) is 23.2 Å². The standard InChI is InChI=1S/C24H25Cl2FN4O2/c1-14-8-16(27)10-18(9-14)31-22-12-20(26)19(25)11-21(22)29-24(31)30-5-2-15(3-6-30)23(32)28-17-4-7-33-13-17/h8-12,15,17H,2-7,13H2,1H3,(H,28,32)/t17-/m1/s1. The van der Waals surface area contributed by atoms with Gasteiger partial charge in [0.05, 0.1) is 39.4 Å². The molecule has 2 aliphatic rings. The Hall–Kier alpha value is -2.35. The molecule has 2 aromatic carbocycles. The molecule has 2 fully saturated rings. The van der Waals surface area contributed by atoms with E-state index in [9.17, 15) is 9.18 Å². The summed E-state index contributed by atoms with van der Waals surface area (Å²) in [5.74, 6) is 0.429. The number of aromatic nitrogens is 2. The summed E-state index contributed by atoms with van der Waals surface area (Å²) in [7, 11) is 0. The number of nitrogens with zero attached hydrogens (tertiary/aromatic N) is 3. The van der Waals surface area contributed by atoms with E-state index in [1.807, 2.05) is 17.6 Å². The number of halogens is 3. The Kier molecular flexibility index (Phi) is 6.20. The van der Waals surface area contributed by atoms with Crippen LogP contribution in [0.5, 0.6) is 0 Å². The summed E-state index contributed by atoms with van der Waals surface area (Å²) >= 11 is 12.6. The predicted molar refractivity (Wildman–Crippen MR) is 128 cm³/mol. The van der Waals surface area contributed by atoms with E-state index in [1.54, 1.807) is 12.1 Å². The summed E-state index contributed by atoms with van der Waals surface area (Å²) in [5.41, 5.74) is 2.92. The first-order valence-corrected chi connectivity index (χ1v) is 11.9. The van der Waals surface area contributed by atoms with E-state index in [4.69, 9.17) is 32.9 Å². The minimum Gasteiger partial charge on any atom is -0.379 e. The molecule has 1 N–H and O–H groups in total. The maximum atomic E-state index is 14.3. The van der Waals surface area contributed by atoms with Crippen molar-refractivity contribution in [2.75, 3.05) is 31.2 Å². The highest BCUT2D eigenvalue weighted by atomic mass is 35.5. The Balaban J connectivity index is 1.45. The summed E-state index contributed by atoms with van der Waals surface area (Å²) in [6, 6.07) is 8.51. The maximum absolute atomic E-state index is 14.3. The summed E-state index contributed by atoms with van der Waals surface area (Å²) < 4.78 is 21.6. The average molecular weight is 491 g/mol. The first-order chi connectivity index (χ1) is 15.9. The van der Waals surface area contributed by atoms with Gasteiger partial charge >= 0.3 is 0 Å². The van der Waals surface area contributed by atoms with Crippen molar-refractivity contribution in [3.63, 3.8) is 0 Å². The van der Waals surface area contributed by atoms with Crippen LogP contribution in [0, 0.1) is 18.7 Å². The zero-order valence-electron chi connectivity index (χ0n) is 18.3. The van der Waals surface area contributed by atoms with Crippen LogP contribution in [0.1, 0.15) is 24.8 Å². The van der Waals surface area contributed by atoms with Gasteiger partial charge in [-0.2, -0.15) is 0 Å². The highest BCUT2D eigenvalue weighted by Crippen LogP contribution is 2.35. The highest BCUT2D eigenvalue weighted by molar-refractivity contribution is 6.42. The highest BCUT2D eigenvalue weighted by Gasteiger charge is 2.30. The van der Waals surface area contributed by atoms with Crippen molar-refractivity contribution in [3.8, 4) is 5.69 Å². The molecular weight excluding hydrogens is 466 g/mol. The van der Waals surface area contributed by atoms with Crippen LogP contribution in [0.15, 0.2) is 30.3 Å². The second-order valence-electron chi connectivity index (χ2n) is 8.82. The molecule has 0 bridgehead atoms. The topological polar surface area (TPSA) is 59.4 Å². The summed E-state index contributed by atoms with van der Waals surface area (Å²) in [6.45, 7) is 4.48. The molecule has 1 atom stereocenters. The molecule has 1 amide bonds. The number of hydrogen-bond acceptors (Lipinski definition) is 4. The van der Waals surface area contributed by atoms with E-state index in [1.165, 1.54) is 12.1 Å². The Morgan fingerprint density at radius 2 is 1.88 bits per heavy atom. The fourth-order valence-corrected chi connectivity index (χ4v) is 5.00. The normalized spacial score (nSPS) is 19.4. The number of carbonyl (C=O) groups excluding carboxylic acids is 1. The van der Waals surface area contributed by atoms with E-state index in [2.05, 4.69) is 10.2 Å². The number of nitrogens with one attached hydrogen (secondary N) is 1. The van der Waals surface area contributed by atoms with Gasteiger partial charge in [-0.3, -0.25) is 9.36 Å². The molecule has 2 saturated heterocycles. The smallest absolute Gasteiger partial charge is 0.223 e. The molecular formula is C24H25Cl2FN4O2. The summed E-state index contributed by atoms with van der Waals surface area (Å²) in [4.78, 5) is 19.7. The molecule has 9 heteroatoms. The minimum absolute atomic E-state index is 0.0417. The number of fused-ring (bicyclic) bond motifs is 1. The average Bonchev–Trinajstić information content (AvgIpc) is 3.41. The van der Waals surface area contributed by atoms with Crippen molar-refractivity contribution >= 4 is 46.1 Å². The van der Waals surface area contributed by atoms with Crippen molar-refractivity contribution < 1.29 is 13.9 Å². The van der Waals surface area contributed by atoms with Crippen molar-refractivity contribution in [3.05, 3.63) is 51.8 Å². The molecule has 0 spiro atoms. The van der Waals surface area contributed by atoms with E-state index >= 15 is 0 Å². The van der Waals surface area contributed by atoms with Crippen molar-refractivity contribution in [1.82, 2.24) is 14.9 Å². The molecule has 0 radical (unpaired) electrons. The molecule has 6 nitrogen and oxygen atoms in total. The lowest BCUT2D eigenvalue weighted by Gasteiger charge is -2.33. The molecule has 0 unspecified atom stereocenters. The lowest BCUT2D eigenvalue weighted by molar-refractivity contribution is -0.126. The Labute approximate surface area is 201 Å². The molecule has 3 aromatic rings.